The van der Waals surface area contributed by atoms with E-state index in [9.17, 15) is 9.90 Å². The number of aromatic nitrogens is 1. The molecule has 26 heavy (non-hydrogen) atoms. The highest BCUT2D eigenvalue weighted by molar-refractivity contribution is 5.82. The number of hydrogen-bond donors (Lipinski definition) is 1. The first-order valence-electron chi connectivity index (χ1n) is 8.55. The smallest absolute Gasteiger partial charge is 0.258 e. The van der Waals surface area contributed by atoms with Gasteiger partial charge in [0.25, 0.3) is 5.91 Å². The first-order chi connectivity index (χ1) is 12.3. The van der Waals surface area contributed by atoms with Gasteiger partial charge < -0.3 is 19.5 Å². The van der Waals surface area contributed by atoms with Gasteiger partial charge in [0, 0.05) is 23.9 Å². The highest BCUT2D eigenvalue weighted by Crippen LogP contribution is 2.33. The number of pyridine rings is 1. The highest BCUT2D eigenvalue weighted by atomic mass is 16.5. The van der Waals surface area contributed by atoms with Crippen LogP contribution in [0.3, 0.4) is 0 Å². The summed E-state index contributed by atoms with van der Waals surface area (Å²) in [5, 5.41) is 10.5. The van der Waals surface area contributed by atoms with E-state index in [-0.39, 0.29) is 5.91 Å². The van der Waals surface area contributed by atoms with Crippen molar-refractivity contribution < 1.29 is 19.4 Å². The Bertz CT molecular complexity index is 819. The van der Waals surface area contributed by atoms with Crippen LogP contribution in [0.4, 0.5) is 0 Å². The van der Waals surface area contributed by atoms with Crippen molar-refractivity contribution >= 4 is 5.91 Å². The molecule has 1 aliphatic heterocycles. The molecule has 0 saturated carbocycles. The monoisotopic (exact) mass is 356 g/mol. The van der Waals surface area contributed by atoms with Crippen LogP contribution >= 0.6 is 0 Å². The summed E-state index contributed by atoms with van der Waals surface area (Å²) >= 11 is 0. The summed E-state index contributed by atoms with van der Waals surface area (Å²) in [6, 6.07) is 10.8. The van der Waals surface area contributed by atoms with Crippen molar-refractivity contribution in [3.05, 3.63) is 53.3 Å². The Hall–Kier alpha value is -2.60. The molecule has 1 atom stereocenters. The molecule has 2 aromatic rings. The summed E-state index contributed by atoms with van der Waals surface area (Å²) < 4.78 is 11.4. The topological polar surface area (TPSA) is 71.9 Å². The number of aryl methyl sites for hydroxylation is 1. The Morgan fingerprint density at radius 2 is 2.12 bits per heavy atom. The molecule has 0 saturated heterocycles. The van der Waals surface area contributed by atoms with Crippen LogP contribution < -0.4 is 9.47 Å². The lowest BCUT2D eigenvalue weighted by molar-refractivity contribution is -0.143. The zero-order chi connectivity index (χ0) is 18.9. The first kappa shape index (κ1) is 18.2. The van der Waals surface area contributed by atoms with E-state index in [1.807, 2.05) is 45.0 Å². The van der Waals surface area contributed by atoms with Gasteiger partial charge in [-0.05, 0) is 45.0 Å². The molecule has 1 amide bonds. The fraction of sp³-hybridized carbons (Fsp3) is 0.400. The van der Waals surface area contributed by atoms with Gasteiger partial charge in [0.15, 0.2) is 6.10 Å². The summed E-state index contributed by atoms with van der Waals surface area (Å²) in [7, 11) is 1.60. The maximum atomic E-state index is 12.9. The average molecular weight is 356 g/mol. The summed E-state index contributed by atoms with van der Waals surface area (Å²) in [6.07, 6.45) is -1.30. The van der Waals surface area contributed by atoms with Gasteiger partial charge >= 0.3 is 0 Å². The van der Waals surface area contributed by atoms with E-state index < -0.39 is 11.7 Å². The minimum atomic E-state index is -1.30. The molecule has 0 aliphatic carbocycles. The molecule has 6 heteroatoms. The lowest BCUT2D eigenvalue weighted by Crippen LogP contribution is -2.45. The summed E-state index contributed by atoms with van der Waals surface area (Å²) in [6.45, 7) is 6.36. The van der Waals surface area contributed by atoms with Gasteiger partial charge in [0.1, 0.15) is 17.1 Å². The molecule has 1 aliphatic rings. The predicted molar refractivity (Wildman–Crippen MR) is 97.1 cm³/mol. The standard InChI is InChI=1S/C20H24N2O4/c1-13-6-5-7-16(21-13)18(23)19(24)22-11-14-8-9-15(25-4)10-17(14)26-20(2,3)12-22/h5-10,18,23H,11-12H2,1-4H3. The van der Waals surface area contributed by atoms with E-state index in [1.165, 1.54) is 0 Å². The third-order valence-corrected chi connectivity index (χ3v) is 4.33. The van der Waals surface area contributed by atoms with Crippen LogP contribution in [0.2, 0.25) is 0 Å². The molecule has 1 aromatic heterocycles. The first-order valence-corrected chi connectivity index (χ1v) is 8.55. The third-order valence-electron chi connectivity index (χ3n) is 4.33. The van der Waals surface area contributed by atoms with Crippen molar-refractivity contribution in [2.24, 2.45) is 0 Å². The van der Waals surface area contributed by atoms with Gasteiger partial charge in [-0.25, -0.2) is 0 Å². The Balaban J connectivity index is 1.90. The Morgan fingerprint density at radius 3 is 2.81 bits per heavy atom. The Labute approximate surface area is 153 Å². The number of ether oxygens (including phenoxy) is 2. The molecule has 138 valence electrons. The fourth-order valence-corrected chi connectivity index (χ4v) is 3.11. The number of aliphatic hydroxyl groups is 1. The summed E-state index contributed by atoms with van der Waals surface area (Å²) in [5.74, 6) is 1.000. The zero-order valence-corrected chi connectivity index (χ0v) is 15.5. The lowest BCUT2D eigenvalue weighted by Gasteiger charge is -2.30. The minimum absolute atomic E-state index is 0.352. The van der Waals surface area contributed by atoms with E-state index in [0.29, 0.717) is 30.3 Å². The third kappa shape index (κ3) is 3.80. The molecule has 1 unspecified atom stereocenters. The number of carbonyl (C=O) groups is 1. The number of benzene rings is 1. The van der Waals surface area contributed by atoms with E-state index >= 15 is 0 Å². The molecule has 1 aromatic carbocycles. The molecule has 3 rings (SSSR count). The number of carbonyl (C=O) groups excluding carboxylic acids is 1. The van der Waals surface area contributed by atoms with Crippen LogP contribution in [-0.2, 0) is 11.3 Å². The second kappa shape index (κ2) is 6.96. The fourth-order valence-electron chi connectivity index (χ4n) is 3.11. The van der Waals surface area contributed by atoms with Crippen molar-refractivity contribution in [3.63, 3.8) is 0 Å². The number of amides is 1. The second-order valence-corrected chi connectivity index (χ2v) is 7.14. The van der Waals surface area contributed by atoms with E-state index in [2.05, 4.69) is 4.98 Å². The number of methoxy groups -OCH3 is 1. The van der Waals surface area contributed by atoms with Crippen molar-refractivity contribution in [2.75, 3.05) is 13.7 Å². The van der Waals surface area contributed by atoms with Crippen molar-refractivity contribution in [1.82, 2.24) is 9.88 Å². The number of aliphatic hydroxyl groups excluding tert-OH is 1. The maximum Gasteiger partial charge on any atom is 0.258 e. The average Bonchev–Trinajstić information content (AvgIpc) is 2.74. The van der Waals surface area contributed by atoms with Crippen LogP contribution in [0.5, 0.6) is 11.5 Å². The molecule has 0 fully saturated rings. The predicted octanol–water partition coefficient (Wildman–Crippen LogP) is 2.63. The normalized spacial score (nSPS) is 16.9. The van der Waals surface area contributed by atoms with Crippen LogP contribution in [-0.4, -0.2) is 40.2 Å². The Kier molecular flexibility index (Phi) is 4.87. The van der Waals surface area contributed by atoms with E-state index in [4.69, 9.17) is 9.47 Å². The second-order valence-electron chi connectivity index (χ2n) is 7.14. The van der Waals surface area contributed by atoms with Gasteiger partial charge in [-0.15, -0.1) is 0 Å². The van der Waals surface area contributed by atoms with Gasteiger partial charge in [-0.3, -0.25) is 9.78 Å². The number of rotatable bonds is 3. The van der Waals surface area contributed by atoms with Crippen molar-refractivity contribution in [2.45, 2.75) is 39.0 Å². The van der Waals surface area contributed by atoms with Crippen LogP contribution in [0.25, 0.3) is 0 Å². The number of fused-ring (bicyclic) bond motifs is 1. The molecule has 0 bridgehead atoms. The van der Waals surface area contributed by atoms with Crippen molar-refractivity contribution in [1.29, 1.82) is 0 Å². The van der Waals surface area contributed by atoms with Crippen LogP contribution in [0, 0.1) is 6.92 Å². The molecule has 2 heterocycles. The van der Waals surface area contributed by atoms with Crippen molar-refractivity contribution in [3.8, 4) is 11.5 Å². The summed E-state index contributed by atoms with van der Waals surface area (Å²) in [5.41, 5.74) is 1.38. The number of nitrogens with zero attached hydrogens (tertiary/aromatic N) is 2. The number of hydrogen-bond acceptors (Lipinski definition) is 5. The minimum Gasteiger partial charge on any atom is -0.497 e. The van der Waals surface area contributed by atoms with Gasteiger partial charge in [0.05, 0.1) is 19.3 Å². The lowest BCUT2D eigenvalue weighted by atomic mass is 10.1. The highest BCUT2D eigenvalue weighted by Gasteiger charge is 2.34. The largest absolute Gasteiger partial charge is 0.497 e. The van der Waals surface area contributed by atoms with Gasteiger partial charge in [-0.1, -0.05) is 6.07 Å². The van der Waals surface area contributed by atoms with Crippen LogP contribution in [0.15, 0.2) is 36.4 Å². The SMILES string of the molecule is COc1ccc2c(c1)OC(C)(C)CN(C(=O)C(O)c1cccc(C)n1)C2. The molecular weight excluding hydrogens is 332 g/mol. The molecule has 6 nitrogen and oxygen atoms in total. The quantitative estimate of drug-likeness (QED) is 0.915. The van der Waals surface area contributed by atoms with Crippen LogP contribution in [0.1, 0.15) is 36.9 Å². The van der Waals surface area contributed by atoms with Gasteiger partial charge in [-0.2, -0.15) is 0 Å². The van der Waals surface area contributed by atoms with Gasteiger partial charge in [0.2, 0.25) is 0 Å². The molecule has 0 spiro atoms. The van der Waals surface area contributed by atoms with E-state index in [0.717, 1.165) is 11.3 Å². The van der Waals surface area contributed by atoms with E-state index in [1.54, 1.807) is 24.1 Å². The zero-order valence-electron chi connectivity index (χ0n) is 15.5. The molecular formula is C20H24N2O4. The Morgan fingerprint density at radius 1 is 1.35 bits per heavy atom. The maximum absolute atomic E-state index is 12.9. The summed E-state index contributed by atoms with van der Waals surface area (Å²) in [4.78, 5) is 18.8. The molecule has 0 radical (unpaired) electrons. The molecule has 1 N–H and O–H groups in total.